The molecule has 1 fully saturated rings. The molecule has 2 N–H and O–H groups in total. The van der Waals surface area contributed by atoms with Crippen molar-refractivity contribution in [2.75, 3.05) is 25.6 Å². The van der Waals surface area contributed by atoms with Crippen LogP contribution in [0, 0.1) is 10.1 Å². The molecule has 1 aliphatic heterocycles. The van der Waals surface area contributed by atoms with Gasteiger partial charge in [0.05, 0.1) is 17.6 Å². The van der Waals surface area contributed by atoms with E-state index in [0.717, 1.165) is 6.42 Å². The third-order valence-electron chi connectivity index (χ3n) is 2.99. The SMILES string of the molecule is CNc1ccc(C(=O)NC2CCOC2)cc1[N+](=O)[O-]. The second kappa shape index (κ2) is 5.66. The third kappa shape index (κ3) is 3.00. The zero-order chi connectivity index (χ0) is 13.8. The van der Waals surface area contributed by atoms with Crippen molar-refractivity contribution >= 4 is 17.3 Å². The van der Waals surface area contributed by atoms with Crippen molar-refractivity contribution in [2.24, 2.45) is 0 Å². The highest BCUT2D eigenvalue weighted by Gasteiger charge is 2.21. The second-order valence-corrected chi connectivity index (χ2v) is 4.27. The summed E-state index contributed by atoms with van der Waals surface area (Å²) in [5.41, 5.74) is 0.543. The molecule has 1 aromatic carbocycles. The van der Waals surface area contributed by atoms with Gasteiger partial charge in [0, 0.05) is 25.3 Å². The molecule has 1 aliphatic rings. The van der Waals surface area contributed by atoms with Crippen LogP contribution in [0.1, 0.15) is 16.8 Å². The lowest BCUT2D eigenvalue weighted by molar-refractivity contribution is -0.384. The van der Waals surface area contributed by atoms with Crippen molar-refractivity contribution in [3.8, 4) is 0 Å². The molecule has 1 saturated heterocycles. The Morgan fingerprint density at radius 2 is 2.32 bits per heavy atom. The standard InChI is InChI=1S/C12H15N3O4/c1-13-10-3-2-8(6-11(10)15(17)18)12(16)14-9-4-5-19-7-9/h2-3,6,9,13H,4-5,7H2,1H3,(H,14,16). The summed E-state index contributed by atoms with van der Waals surface area (Å²) in [6.07, 6.45) is 0.766. The topological polar surface area (TPSA) is 93.5 Å². The molecule has 19 heavy (non-hydrogen) atoms. The Balaban J connectivity index is 2.17. The number of nitrogens with zero attached hydrogens (tertiary/aromatic N) is 1. The van der Waals surface area contributed by atoms with E-state index in [2.05, 4.69) is 10.6 Å². The van der Waals surface area contributed by atoms with Gasteiger partial charge in [0.25, 0.3) is 11.6 Å². The van der Waals surface area contributed by atoms with Crippen molar-refractivity contribution in [2.45, 2.75) is 12.5 Å². The molecule has 1 heterocycles. The Morgan fingerprint density at radius 1 is 1.53 bits per heavy atom. The van der Waals surface area contributed by atoms with E-state index in [1.165, 1.54) is 12.1 Å². The summed E-state index contributed by atoms with van der Waals surface area (Å²) >= 11 is 0. The first-order chi connectivity index (χ1) is 9.11. The fourth-order valence-corrected chi connectivity index (χ4v) is 1.95. The van der Waals surface area contributed by atoms with Gasteiger partial charge in [0.1, 0.15) is 5.69 Å². The van der Waals surface area contributed by atoms with Gasteiger partial charge in [0.2, 0.25) is 0 Å². The first-order valence-electron chi connectivity index (χ1n) is 5.96. The molecular weight excluding hydrogens is 250 g/mol. The number of benzene rings is 1. The molecule has 2 rings (SSSR count). The number of nitro groups is 1. The predicted octanol–water partition coefficient (Wildman–Crippen LogP) is 1.16. The molecule has 0 aromatic heterocycles. The van der Waals surface area contributed by atoms with E-state index in [0.29, 0.717) is 18.9 Å². The van der Waals surface area contributed by atoms with Crippen molar-refractivity contribution < 1.29 is 14.5 Å². The molecule has 0 aliphatic carbocycles. The van der Waals surface area contributed by atoms with E-state index in [1.807, 2.05) is 0 Å². The fourth-order valence-electron chi connectivity index (χ4n) is 1.95. The molecule has 1 unspecified atom stereocenters. The van der Waals surface area contributed by atoms with Crippen molar-refractivity contribution in [3.05, 3.63) is 33.9 Å². The van der Waals surface area contributed by atoms with Crippen LogP contribution in [-0.4, -0.2) is 37.1 Å². The van der Waals surface area contributed by atoms with Crippen LogP contribution in [0.5, 0.6) is 0 Å². The summed E-state index contributed by atoms with van der Waals surface area (Å²) in [6.45, 7) is 1.12. The maximum Gasteiger partial charge on any atom is 0.293 e. The molecule has 0 saturated carbocycles. The number of nitro benzene ring substituents is 1. The predicted molar refractivity (Wildman–Crippen MR) is 69.3 cm³/mol. The van der Waals surface area contributed by atoms with Gasteiger partial charge in [-0.25, -0.2) is 0 Å². The average molecular weight is 265 g/mol. The summed E-state index contributed by atoms with van der Waals surface area (Å²) in [4.78, 5) is 22.4. The molecule has 1 amide bonds. The number of hydrogen-bond acceptors (Lipinski definition) is 5. The maximum atomic E-state index is 12.0. The molecule has 7 nitrogen and oxygen atoms in total. The van der Waals surface area contributed by atoms with Gasteiger partial charge in [-0.05, 0) is 18.6 Å². The summed E-state index contributed by atoms with van der Waals surface area (Å²) in [6, 6.07) is 4.34. The molecule has 0 bridgehead atoms. The van der Waals surface area contributed by atoms with Gasteiger partial charge in [-0.15, -0.1) is 0 Å². The van der Waals surface area contributed by atoms with Gasteiger partial charge < -0.3 is 15.4 Å². The Kier molecular flexibility index (Phi) is 3.96. The number of amides is 1. The van der Waals surface area contributed by atoms with Crippen LogP contribution in [0.2, 0.25) is 0 Å². The molecular formula is C12H15N3O4. The Labute approximate surface area is 110 Å². The lowest BCUT2D eigenvalue weighted by Crippen LogP contribution is -2.35. The van der Waals surface area contributed by atoms with E-state index in [4.69, 9.17) is 4.74 Å². The number of carbonyl (C=O) groups is 1. The summed E-state index contributed by atoms with van der Waals surface area (Å²) in [5, 5.41) is 16.4. The zero-order valence-electron chi connectivity index (χ0n) is 10.5. The average Bonchev–Trinajstić information content (AvgIpc) is 2.90. The molecule has 1 aromatic rings. The van der Waals surface area contributed by atoms with Crippen LogP contribution in [0.4, 0.5) is 11.4 Å². The first-order valence-corrected chi connectivity index (χ1v) is 5.96. The summed E-state index contributed by atoms with van der Waals surface area (Å²) in [5.74, 6) is -0.318. The third-order valence-corrected chi connectivity index (χ3v) is 2.99. The zero-order valence-corrected chi connectivity index (χ0v) is 10.5. The normalized spacial score (nSPS) is 18.1. The maximum absolute atomic E-state index is 12.0. The van der Waals surface area contributed by atoms with Crippen molar-refractivity contribution in [1.29, 1.82) is 0 Å². The van der Waals surface area contributed by atoms with Crippen LogP contribution in [0.25, 0.3) is 0 Å². The number of rotatable bonds is 4. The largest absolute Gasteiger partial charge is 0.383 e. The Hall–Kier alpha value is -2.15. The first kappa shape index (κ1) is 13.3. The molecule has 0 spiro atoms. The van der Waals surface area contributed by atoms with Crippen LogP contribution >= 0.6 is 0 Å². The summed E-state index contributed by atoms with van der Waals surface area (Å²) < 4.78 is 5.16. The quantitative estimate of drug-likeness (QED) is 0.629. The highest BCUT2D eigenvalue weighted by molar-refractivity contribution is 5.95. The van der Waals surface area contributed by atoms with Gasteiger partial charge in [0.15, 0.2) is 0 Å². The van der Waals surface area contributed by atoms with Gasteiger partial charge in [-0.1, -0.05) is 0 Å². The van der Waals surface area contributed by atoms with E-state index in [1.54, 1.807) is 13.1 Å². The minimum atomic E-state index is -0.513. The van der Waals surface area contributed by atoms with Crippen LogP contribution in [0.3, 0.4) is 0 Å². The summed E-state index contributed by atoms with van der Waals surface area (Å²) in [7, 11) is 1.60. The van der Waals surface area contributed by atoms with E-state index >= 15 is 0 Å². The Morgan fingerprint density at radius 3 is 2.89 bits per heavy atom. The highest BCUT2D eigenvalue weighted by atomic mass is 16.6. The monoisotopic (exact) mass is 265 g/mol. The van der Waals surface area contributed by atoms with Crippen molar-refractivity contribution in [3.63, 3.8) is 0 Å². The minimum absolute atomic E-state index is 0.0180. The van der Waals surface area contributed by atoms with Gasteiger partial charge in [-0.2, -0.15) is 0 Å². The van der Waals surface area contributed by atoms with E-state index < -0.39 is 4.92 Å². The second-order valence-electron chi connectivity index (χ2n) is 4.27. The van der Waals surface area contributed by atoms with Crippen LogP contribution in [-0.2, 0) is 4.74 Å². The lowest BCUT2D eigenvalue weighted by Gasteiger charge is -2.11. The van der Waals surface area contributed by atoms with Crippen molar-refractivity contribution in [1.82, 2.24) is 5.32 Å². The number of hydrogen-bond donors (Lipinski definition) is 2. The highest BCUT2D eigenvalue weighted by Crippen LogP contribution is 2.25. The molecule has 0 radical (unpaired) electrons. The van der Waals surface area contributed by atoms with Crippen LogP contribution in [0.15, 0.2) is 18.2 Å². The van der Waals surface area contributed by atoms with Gasteiger partial charge in [-0.3, -0.25) is 14.9 Å². The molecule has 1 atom stereocenters. The van der Waals surface area contributed by atoms with Crippen LogP contribution < -0.4 is 10.6 Å². The minimum Gasteiger partial charge on any atom is -0.383 e. The number of carbonyl (C=O) groups excluding carboxylic acids is 1. The van der Waals surface area contributed by atoms with E-state index in [9.17, 15) is 14.9 Å². The number of ether oxygens (including phenoxy) is 1. The molecule has 102 valence electrons. The lowest BCUT2D eigenvalue weighted by atomic mass is 10.1. The smallest absolute Gasteiger partial charge is 0.293 e. The molecule has 7 heteroatoms. The fraction of sp³-hybridized carbons (Fsp3) is 0.417. The van der Waals surface area contributed by atoms with E-state index in [-0.39, 0.29) is 23.2 Å². The number of nitrogens with one attached hydrogen (secondary N) is 2. The van der Waals surface area contributed by atoms with Gasteiger partial charge >= 0.3 is 0 Å². The Bertz CT molecular complexity index is 498. The number of anilines is 1.